The maximum absolute atomic E-state index is 13.7. The topological polar surface area (TPSA) is 108 Å². The molecular formula is C28H34FN5O3. The molecule has 2 saturated carbocycles. The molecule has 9 heteroatoms. The van der Waals surface area contributed by atoms with Crippen molar-refractivity contribution in [1.29, 1.82) is 0 Å². The van der Waals surface area contributed by atoms with Gasteiger partial charge in [-0.05, 0) is 74.9 Å². The van der Waals surface area contributed by atoms with Crippen LogP contribution in [0.2, 0.25) is 0 Å². The van der Waals surface area contributed by atoms with Gasteiger partial charge in [-0.1, -0.05) is 6.07 Å². The van der Waals surface area contributed by atoms with Crippen LogP contribution in [-0.2, 0) is 4.79 Å². The van der Waals surface area contributed by atoms with Crippen LogP contribution in [0.4, 0.5) is 15.8 Å². The van der Waals surface area contributed by atoms with Crippen molar-refractivity contribution in [1.82, 2.24) is 10.2 Å². The molecule has 3 aliphatic rings. The van der Waals surface area contributed by atoms with E-state index in [2.05, 4.69) is 15.5 Å². The van der Waals surface area contributed by atoms with E-state index in [9.17, 15) is 18.8 Å². The van der Waals surface area contributed by atoms with E-state index in [4.69, 9.17) is 5.73 Å². The minimum absolute atomic E-state index is 0.0781. The van der Waals surface area contributed by atoms with Crippen molar-refractivity contribution in [3.63, 3.8) is 0 Å². The lowest BCUT2D eigenvalue weighted by Gasteiger charge is -2.37. The summed E-state index contributed by atoms with van der Waals surface area (Å²) in [6.45, 7) is 2.46. The van der Waals surface area contributed by atoms with Crippen LogP contribution in [0.1, 0.15) is 59.2 Å². The number of nitrogens with one attached hydrogen (secondary N) is 2. The average molecular weight is 508 g/mol. The standard InChI is InChI=1S/C28H34FN5O3/c29-21-3-1-2-19(16-21)27(36)32-24-17-20(26(35)31-23-9-7-22(30)8-10-23)6-11-25(24)33-12-14-34(15-13-33)28(37)18-4-5-18/h1-3,6,11,16-18,22-23H,4-5,7-10,12-15,30H2,(H,31,35)(H,32,36). The Labute approximate surface area is 216 Å². The van der Waals surface area contributed by atoms with Gasteiger partial charge in [0.05, 0.1) is 11.4 Å². The number of hydrogen-bond donors (Lipinski definition) is 3. The monoisotopic (exact) mass is 507 g/mol. The Morgan fingerprint density at radius 3 is 2.22 bits per heavy atom. The van der Waals surface area contributed by atoms with Crippen LogP contribution in [0, 0.1) is 11.7 Å². The lowest BCUT2D eigenvalue weighted by Crippen LogP contribution is -2.49. The number of halogens is 1. The van der Waals surface area contributed by atoms with Gasteiger partial charge >= 0.3 is 0 Å². The Morgan fingerprint density at radius 1 is 0.838 bits per heavy atom. The Bertz CT molecular complexity index is 1170. The second-order valence-corrected chi connectivity index (χ2v) is 10.4. The molecule has 4 N–H and O–H groups in total. The molecule has 0 spiro atoms. The van der Waals surface area contributed by atoms with E-state index in [0.29, 0.717) is 37.4 Å². The zero-order chi connectivity index (χ0) is 25.9. The normalized spacial score (nSPS) is 21.9. The molecule has 1 saturated heterocycles. The molecule has 0 atom stereocenters. The quantitative estimate of drug-likeness (QED) is 0.557. The maximum Gasteiger partial charge on any atom is 0.255 e. The number of carbonyl (C=O) groups excluding carboxylic acids is 3. The highest BCUT2D eigenvalue weighted by Crippen LogP contribution is 2.33. The highest BCUT2D eigenvalue weighted by Gasteiger charge is 2.35. The first kappa shape index (κ1) is 25.2. The first-order chi connectivity index (χ1) is 17.9. The van der Waals surface area contributed by atoms with E-state index in [1.165, 1.54) is 18.2 Å². The fraction of sp³-hybridized carbons (Fsp3) is 0.464. The number of carbonyl (C=O) groups is 3. The van der Waals surface area contributed by atoms with E-state index in [0.717, 1.165) is 44.2 Å². The van der Waals surface area contributed by atoms with Crippen LogP contribution in [0.5, 0.6) is 0 Å². The number of hydrogen-bond acceptors (Lipinski definition) is 5. The predicted octanol–water partition coefficient (Wildman–Crippen LogP) is 3.14. The summed E-state index contributed by atoms with van der Waals surface area (Å²) in [4.78, 5) is 42.5. The number of nitrogens with two attached hydrogens (primary N) is 1. The number of benzene rings is 2. The molecule has 196 valence electrons. The fourth-order valence-corrected chi connectivity index (χ4v) is 5.17. The van der Waals surface area contributed by atoms with E-state index in [-0.39, 0.29) is 35.4 Å². The lowest BCUT2D eigenvalue weighted by molar-refractivity contribution is -0.132. The van der Waals surface area contributed by atoms with Gasteiger partial charge < -0.3 is 26.2 Å². The lowest BCUT2D eigenvalue weighted by atomic mass is 9.91. The number of nitrogens with zero attached hydrogens (tertiary/aromatic N) is 2. The second-order valence-electron chi connectivity index (χ2n) is 10.4. The summed E-state index contributed by atoms with van der Waals surface area (Å²) in [7, 11) is 0. The van der Waals surface area contributed by atoms with Gasteiger partial charge in [0.15, 0.2) is 0 Å². The molecule has 1 heterocycles. The van der Waals surface area contributed by atoms with E-state index in [1.54, 1.807) is 18.2 Å². The van der Waals surface area contributed by atoms with E-state index in [1.807, 2.05) is 11.0 Å². The summed E-state index contributed by atoms with van der Waals surface area (Å²) in [6, 6.07) is 11.1. The molecule has 0 radical (unpaired) electrons. The van der Waals surface area contributed by atoms with E-state index >= 15 is 0 Å². The molecular weight excluding hydrogens is 473 g/mol. The highest BCUT2D eigenvalue weighted by atomic mass is 19.1. The zero-order valence-corrected chi connectivity index (χ0v) is 20.9. The molecule has 2 aliphatic carbocycles. The SMILES string of the molecule is NC1CCC(NC(=O)c2ccc(N3CCN(C(=O)C4CC4)CC3)c(NC(=O)c3cccc(F)c3)c2)CC1. The molecule has 8 nitrogen and oxygen atoms in total. The van der Waals surface area contributed by atoms with Crippen LogP contribution >= 0.6 is 0 Å². The summed E-state index contributed by atoms with van der Waals surface area (Å²) < 4.78 is 13.7. The van der Waals surface area contributed by atoms with Crippen LogP contribution in [0.3, 0.4) is 0 Å². The van der Waals surface area contributed by atoms with Gasteiger partial charge in [0.2, 0.25) is 5.91 Å². The summed E-state index contributed by atoms with van der Waals surface area (Å²) in [6.07, 6.45) is 5.41. The first-order valence-electron chi connectivity index (χ1n) is 13.2. The van der Waals surface area contributed by atoms with Gasteiger partial charge in [0.1, 0.15) is 5.82 Å². The minimum atomic E-state index is -0.496. The second kappa shape index (κ2) is 10.9. The molecule has 0 aromatic heterocycles. The zero-order valence-electron chi connectivity index (χ0n) is 20.9. The Balaban J connectivity index is 1.34. The predicted molar refractivity (Wildman–Crippen MR) is 140 cm³/mol. The minimum Gasteiger partial charge on any atom is -0.366 e. The molecule has 0 bridgehead atoms. The van der Waals surface area contributed by atoms with Crippen molar-refractivity contribution in [2.75, 3.05) is 36.4 Å². The van der Waals surface area contributed by atoms with Crippen molar-refractivity contribution in [2.24, 2.45) is 11.7 Å². The Morgan fingerprint density at radius 2 is 1.54 bits per heavy atom. The maximum atomic E-state index is 13.7. The molecule has 3 fully saturated rings. The van der Waals surface area contributed by atoms with Crippen LogP contribution in [0.25, 0.3) is 0 Å². The smallest absolute Gasteiger partial charge is 0.255 e. The Hall–Kier alpha value is -3.46. The number of amides is 3. The van der Waals surface area contributed by atoms with Crippen LogP contribution in [-0.4, -0.2) is 60.9 Å². The van der Waals surface area contributed by atoms with Crippen LogP contribution in [0.15, 0.2) is 42.5 Å². The Kier molecular flexibility index (Phi) is 7.41. The summed E-state index contributed by atoms with van der Waals surface area (Å²) in [5, 5.41) is 5.99. The molecule has 1 aliphatic heterocycles. The van der Waals surface area contributed by atoms with Crippen molar-refractivity contribution in [3.8, 4) is 0 Å². The molecule has 37 heavy (non-hydrogen) atoms. The van der Waals surface area contributed by atoms with E-state index < -0.39 is 11.7 Å². The van der Waals surface area contributed by atoms with Gasteiger partial charge in [-0.15, -0.1) is 0 Å². The van der Waals surface area contributed by atoms with Crippen molar-refractivity contribution >= 4 is 29.1 Å². The summed E-state index contributed by atoms with van der Waals surface area (Å²) >= 11 is 0. The molecule has 2 aromatic carbocycles. The van der Waals surface area contributed by atoms with Gasteiger partial charge in [-0.3, -0.25) is 14.4 Å². The first-order valence-corrected chi connectivity index (χ1v) is 13.2. The molecule has 5 rings (SSSR count). The van der Waals surface area contributed by atoms with Crippen molar-refractivity contribution < 1.29 is 18.8 Å². The van der Waals surface area contributed by atoms with Crippen molar-refractivity contribution in [2.45, 2.75) is 50.6 Å². The van der Waals surface area contributed by atoms with Gasteiger partial charge in [0, 0.05) is 55.3 Å². The van der Waals surface area contributed by atoms with Crippen molar-refractivity contribution in [3.05, 3.63) is 59.4 Å². The third-order valence-corrected chi connectivity index (χ3v) is 7.56. The summed E-state index contributed by atoms with van der Waals surface area (Å²) in [5.74, 6) is -0.736. The van der Waals surface area contributed by atoms with Gasteiger partial charge in [-0.2, -0.15) is 0 Å². The highest BCUT2D eigenvalue weighted by molar-refractivity contribution is 6.07. The van der Waals surface area contributed by atoms with Gasteiger partial charge in [-0.25, -0.2) is 4.39 Å². The molecule has 3 amide bonds. The largest absolute Gasteiger partial charge is 0.366 e. The van der Waals surface area contributed by atoms with Gasteiger partial charge in [0.25, 0.3) is 11.8 Å². The third kappa shape index (κ3) is 6.10. The fourth-order valence-electron chi connectivity index (χ4n) is 5.17. The average Bonchev–Trinajstić information content (AvgIpc) is 3.75. The number of rotatable bonds is 6. The third-order valence-electron chi connectivity index (χ3n) is 7.56. The number of piperazine rings is 1. The molecule has 0 unspecified atom stereocenters. The number of anilines is 2. The summed E-state index contributed by atoms with van der Waals surface area (Å²) in [5.41, 5.74) is 7.87. The van der Waals surface area contributed by atoms with Crippen LogP contribution < -0.4 is 21.3 Å². The molecule has 2 aromatic rings.